The molecule has 4 aromatic rings. The molecule has 0 N–H and O–H groups in total. The van der Waals surface area contributed by atoms with Crippen molar-refractivity contribution in [2.45, 2.75) is 32.7 Å². The standard InChI is InChI=1S/C21H21N5O2S/c1-13-8-9-15-16(10-13)29-20-18(15)19-23-21(28)25(26(19)12-22-20)11-17(27)24(2)14-6-4-3-5-7-14/h3-7,12-13H,8-11H2,1-2H3/t13-/m1/s1. The summed E-state index contributed by atoms with van der Waals surface area (Å²) in [6.45, 7) is 2.17. The minimum Gasteiger partial charge on any atom is -0.314 e. The summed E-state index contributed by atoms with van der Waals surface area (Å²) in [4.78, 5) is 38.1. The van der Waals surface area contributed by atoms with Gasteiger partial charge >= 0.3 is 5.69 Å². The minimum atomic E-state index is -0.432. The van der Waals surface area contributed by atoms with Crippen molar-refractivity contribution in [1.82, 2.24) is 19.2 Å². The van der Waals surface area contributed by atoms with Crippen LogP contribution < -0.4 is 10.6 Å². The van der Waals surface area contributed by atoms with Gasteiger partial charge in [0, 0.05) is 17.6 Å². The third kappa shape index (κ3) is 2.95. The number of amides is 1. The molecule has 0 aliphatic heterocycles. The lowest BCUT2D eigenvalue weighted by molar-refractivity contribution is -0.119. The van der Waals surface area contributed by atoms with Gasteiger partial charge in [-0.1, -0.05) is 25.1 Å². The zero-order valence-electron chi connectivity index (χ0n) is 16.3. The van der Waals surface area contributed by atoms with E-state index in [0.717, 1.165) is 35.2 Å². The molecule has 0 unspecified atom stereocenters. The van der Waals surface area contributed by atoms with Gasteiger partial charge in [-0.05, 0) is 42.9 Å². The van der Waals surface area contributed by atoms with Crippen molar-refractivity contribution in [3.8, 4) is 0 Å². The maximum atomic E-state index is 12.8. The van der Waals surface area contributed by atoms with E-state index < -0.39 is 5.69 Å². The van der Waals surface area contributed by atoms with E-state index in [1.54, 1.807) is 34.1 Å². The molecule has 1 aliphatic carbocycles. The number of anilines is 1. The molecule has 148 valence electrons. The van der Waals surface area contributed by atoms with Gasteiger partial charge < -0.3 is 4.90 Å². The molecule has 1 amide bonds. The van der Waals surface area contributed by atoms with E-state index in [1.807, 2.05) is 30.3 Å². The van der Waals surface area contributed by atoms with Crippen LogP contribution in [0.5, 0.6) is 0 Å². The van der Waals surface area contributed by atoms with Gasteiger partial charge in [0.15, 0.2) is 5.65 Å². The molecular formula is C21H21N5O2S. The summed E-state index contributed by atoms with van der Waals surface area (Å²) in [5.41, 5.74) is 2.22. The fourth-order valence-electron chi connectivity index (χ4n) is 4.03. The van der Waals surface area contributed by atoms with Crippen LogP contribution in [0.2, 0.25) is 0 Å². The second kappa shape index (κ2) is 6.81. The predicted molar refractivity (Wildman–Crippen MR) is 114 cm³/mol. The number of carbonyl (C=O) groups is 1. The Morgan fingerprint density at radius 3 is 2.90 bits per heavy atom. The lowest BCUT2D eigenvalue weighted by atomic mass is 9.89. The third-order valence-electron chi connectivity index (χ3n) is 5.70. The fourth-order valence-corrected chi connectivity index (χ4v) is 5.38. The first-order chi connectivity index (χ1) is 14.0. The zero-order valence-corrected chi connectivity index (χ0v) is 17.1. The Morgan fingerprint density at radius 2 is 2.10 bits per heavy atom. The average molecular weight is 407 g/mol. The van der Waals surface area contributed by atoms with Crippen LogP contribution >= 0.6 is 11.3 Å². The molecule has 29 heavy (non-hydrogen) atoms. The SMILES string of the molecule is C[C@@H]1CCc2c(sc3ncn4c(nc(=O)n4CC(=O)N(C)c4ccccc4)c23)C1. The van der Waals surface area contributed by atoms with Crippen LogP contribution in [0.4, 0.5) is 5.69 Å². The molecule has 5 rings (SSSR count). The molecule has 1 aliphatic rings. The van der Waals surface area contributed by atoms with Crippen LogP contribution in [-0.2, 0) is 24.2 Å². The number of carbonyl (C=O) groups excluding carboxylic acids is 1. The molecule has 3 aromatic heterocycles. The van der Waals surface area contributed by atoms with Crippen molar-refractivity contribution >= 4 is 38.8 Å². The van der Waals surface area contributed by atoms with Crippen LogP contribution in [0, 0.1) is 5.92 Å². The molecule has 3 heterocycles. The largest absolute Gasteiger partial charge is 0.365 e. The van der Waals surface area contributed by atoms with Crippen LogP contribution in [-0.4, -0.2) is 32.1 Å². The van der Waals surface area contributed by atoms with Crippen molar-refractivity contribution in [2.24, 2.45) is 5.92 Å². The van der Waals surface area contributed by atoms with E-state index in [0.29, 0.717) is 11.6 Å². The van der Waals surface area contributed by atoms with E-state index in [-0.39, 0.29) is 12.5 Å². The number of hydrogen-bond donors (Lipinski definition) is 0. The molecule has 8 heteroatoms. The zero-order chi connectivity index (χ0) is 20.1. The molecular weight excluding hydrogens is 386 g/mol. The molecule has 0 radical (unpaired) electrons. The first-order valence-corrected chi connectivity index (χ1v) is 10.5. The maximum Gasteiger partial charge on any atom is 0.365 e. The van der Waals surface area contributed by atoms with Gasteiger partial charge in [-0.15, -0.1) is 11.3 Å². The number of hydrogen-bond acceptors (Lipinski definition) is 5. The van der Waals surface area contributed by atoms with E-state index in [4.69, 9.17) is 0 Å². The Hall–Kier alpha value is -3.00. The van der Waals surface area contributed by atoms with Crippen molar-refractivity contribution < 1.29 is 4.79 Å². The Morgan fingerprint density at radius 1 is 1.31 bits per heavy atom. The predicted octanol–water partition coefficient (Wildman–Crippen LogP) is 2.89. The van der Waals surface area contributed by atoms with Gasteiger partial charge in [-0.2, -0.15) is 4.98 Å². The van der Waals surface area contributed by atoms with Crippen molar-refractivity contribution in [3.05, 3.63) is 57.6 Å². The monoisotopic (exact) mass is 407 g/mol. The fraction of sp³-hybridized carbons (Fsp3) is 0.333. The number of rotatable bonds is 3. The Balaban J connectivity index is 1.57. The highest BCUT2D eigenvalue weighted by atomic mass is 32.1. The van der Waals surface area contributed by atoms with Gasteiger partial charge in [0.1, 0.15) is 17.7 Å². The second-order valence-electron chi connectivity index (χ2n) is 7.68. The molecule has 1 aromatic carbocycles. The minimum absolute atomic E-state index is 0.0953. The van der Waals surface area contributed by atoms with E-state index >= 15 is 0 Å². The molecule has 0 spiro atoms. The lowest BCUT2D eigenvalue weighted by Crippen LogP contribution is -2.34. The number of nitrogens with zero attached hydrogens (tertiary/aromatic N) is 5. The average Bonchev–Trinajstić information content (AvgIpc) is 3.24. The summed E-state index contributed by atoms with van der Waals surface area (Å²) in [5.74, 6) is 0.471. The van der Waals surface area contributed by atoms with Crippen LogP contribution in [0.15, 0.2) is 41.5 Å². The number of thiophene rings is 1. The van der Waals surface area contributed by atoms with Gasteiger partial charge in [0.25, 0.3) is 0 Å². The molecule has 0 fully saturated rings. The summed E-state index contributed by atoms with van der Waals surface area (Å²) >= 11 is 1.70. The van der Waals surface area contributed by atoms with E-state index in [2.05, 4.69) is 16.9 Å². The maximum absolute atomic E-state index is 12.8. The van der Waals surface area contributed by atoms with Crippen LogP contribution in [0.25, 0.3) is 15.9 Å². The smallest absolute Gasteiger partial charge is 0.314 e. The van der Waals surface area contributed by atoms with Gasteiger partial charge in [0.2, 0.25) is 5.91 Å². The van der Waals surface area contributed by atoms with E-state index in [1.165, 1.54) is 15.1 Å². The van der Waals surface area contributed by atoms with Crippen molar-refractivity contribution in [1.29, 1.82) is 0 Å². The Labute approximate surface area is 171 Å². The molecule has 7 nitrogen and oxygen atoms in total. The van der Waals surface area contributed by atoms with E-state index in [9.17, 15) is 9.59 Å². The van der Waals surface area contributed by atoms with Crippen molar-refractivity contribution in [2.75, 3.05) is 11.9 Å². The van der Waals surface area contributed by atoms with Crippen LogP contribution in [0.1, 0.15) is 23.8 Å². The number of aromatic nitrogens is 4. The quantitative estimate of drug-likeness (QED) is 0.524. The van der Waals surface area contributed by atoms with Gasteiger partial charge in [-0.3, -0.25) is 4.79 Å². The van der Waals surface area contributed by atoms with Crippen LogP contribution in [0.3, 0.4) is 0 Å². The molecule has 0 bridgehead atoms. The number of fused-ring (bicyclic) bond motifs is 5. The number of benzene rings is 1. The topological polar surface area (TPSA) is 72.5 Å². The highest BCUT2D eigenvalue weighted by molar-refractivity contribution is 7.19. The number of aryl methyl sites for hydroxylation is 1. The number of para-hydroxylation sites is 1. The summed E-state index contributed by atoms with van der Waals surface area (Å²) < 4.78 is 2.99. The van der Waals surface area contributed by atoms with Gasteiger partial charge in [0.05, 0.1) is 5.39 Å². The normalized spacial score (nSPS) is 16.3. The summed E-state index contributed by atoms with van der Waals surface area (Å²) in [6, 6.07) is 9.37. The number of likely N-dealkylation sites (N-methyl/N-ethyl adjacent to an activating group) is 1. The Kier molecular flexibility index (Phi) is 4.24. The highest BCUT2D eigenvalue weighted by Gasteiger charge is 2.24. The van der Waals surface area contributed by atoms with Crippen molar-refractivity contribution in [3.63, 3.8) is 0 Å². The summed E-state index contributed by atoms with van der Waals surface area (Å²) in [6.07, 6.45) is 4.76. The first-order valence-electron chi connectivity index (χ1n) is 9.73. The first kappa shape index (κ1) is 18.1. The summed E-state index contributed by atoms with van der Waals surface area (Å²) in [7, 11) is 1.71. The second-order valence-corrected chi connectivity index (χ2v) is 8.77. The lowest BCUT2D eigenvalue weighted by Gasteiger charge is -2.18. The molecule has 0 saturated carbocycles. The van der Waals surface area contributed by atoms with Gasteiger partial charge in [-0.25, -0.2) is 19.0 Å². The third-order valence-corrected chi connectivity index (χ3v) is 6.87. The Bertz CT molecular complexity index is 1290. The summed E-state index contributed by atoms with van der Waals surface area (Å²) in [5, 5.41) is 0.971. The molecule has 0 saturated heterocycles. The highest BCUT2D eigenvalue weighted by Crippen LogP contribution is 2.38. The molecule has 1 atom stereocenters.